The van der Waals surface area contributed by atoms with Crippen LogP contribution in [0.3, 0.4) is 0 Å². The molecule has 0 aliphatic carbocycles. The predicted molar refractivity (Wildman–Crippen MR) is 52.3 cm³/mol. The molecule has 0 aromatic carbocycles. The highest BCUT2D eigenvalue weighted by atomic mass is 127. The van der Waals surface area contributed by atoms with Crippen molar-refractivity contribution < 1.29 is 0 Å². The van der Waals surface area contributed by atoms with Gasteiger partial charge in [-0.2, -0.15) is 0 Å². The highest BCUT2D eigenvalue weighted by molar-refractivity contribution is 14.1. The van der Waals surface area contributed by atoms with Crippen molar-refractivity contribution in [3.63, 3.8) is 0 Å². The molecule has 10 heavy (non-hydrogen) atoms. The summed E-state index contributed by atoms with van der Waals surface area (Å²) in [5.74, 6) is 0. The van der Waals surface area contributed by atoms with Crippen LogP contribution in [0, 0.1) is 0 Å². The number of hydrogen-bond donors (Lipinski definition) is 1. The minimum absolute atomic E-state index is 0.807. The number of nitrogens with one attached hydrogen (secondary N) is 1. The van der Waals surface area contributed by atoms with E-state index in [2.05, 4.69) is 38.2 Å². The second-order valence-electron chi connectivity index (χ2n) is 2.76. The van der Waals surface area contributed by atoms with Gasteiger partial charge in [0.2, 0.25) is 0 Å². The van der Waals surface area contributed by atoms with Crippen LogP contribution in [0.25, 0.3) is 0 Å². The van der Waals surface area contributed by atoms with E-state index in [1.807, 2.05) is 0 Å². The number of rotatable bonds is 3. The molecule has 1 rings (SSSR count). The zero-order chi connectivity index (χ0) is 7.40. The molecule has 0 bridgehead atoms. The summed E-state index contributed by atoms with van der Waals surface area (Å²) < 4.78 is 3.20. The smallest absolute Gasteiger partial charge is 0.0229 e. The van der Waals surface area contributed by atoms with E-state index >= 15 is 0 Å². The molecule has 1 saturated heterocycles. The first kappa shape index (κ1) is 8.74. The summed E-state index contributed by atoms with van der Waals surface area (Å²) in [7, 11) is 0. The molecule has 1 atom stereocenters. The highest BCUT2D eigenvalue weighted by Crippen LogP contribution is 2.15. The SMILES string of the molecule is CCN1CCCC1CNI. The van der Waals surface area contributed by atoms with Gasteiger partial charge in [-0.25, -0.2) is 0 Å². The van der Waals surface area contributed by atoms with Crippen LogP contribution in [0.5, 0.6) is 0 Å². The summed E-state index contributed by atoms with van der Waals surface area (Å²) in [4.78, 5) is 2.55. The van der Waals surface area contributed by atoms with Crippen LogP contribution < -0.4 is 3.53 Å². The molecular formula is C7H15IN2. The van der Waals surface area contributed by atoms with Crippen LogP contribution in [0.15, 0.2) is 0 Å². The molecule has 0 amide bonds. The lowest BCUT2D eigenvalue weighted by Gasteiger charge is -2.21. The number of hydrogen-bond acceptors (Lipinski definition) is 2. The second-order valence-corrected chi connectivity index (χ2v) is 3.53. The van der Waals surface area contributed by atoms with Gasteiger partial charge < -0.3 is 0 Å². The molecule has 3 heteroatoms. The van der Waals surface area contributed by atoms with Crippen LogP contribution >= 0.6 is 22.9 Å². The molecule has 60 valence electrons. The maximum atomic E-state index is 3.20. The minimum Gasteiger partial charge on any atom is -0.299 e. The lowest BCUT2D eigenvalue weighted by molar-refractivity contribution is 0.270. The zero-order valence-corrected chi connectivity index (χ0v) is 8.60. The number of halogens is 1. The highest BCUT2D eigenvalue weighted by Gasteiger charge is 2.21. The van der Waals surface area contributed by atoms with Crippen LogP contribution in [0.1, 0.15) is 19.8 Å². The van der Waals surface area contributed by atoms with E-state index in [1.54, 1.807) is 0 Å². The van der Waals surface area contributed by atoms with Crippen molar-refractivity contribution in [2.75, 3.05) is 19.6 Å². The third-order valence-electron chi connectivity index (χ3n) is 2.22. The summed E-state index contributed by atoms with van der Waals surface area (Å²) in [5, 5.41) is 0. The maximum Gasteiger partial charge on any atom is 0.0229 e. The quantitative estimate of drug-likeness (QED) is 0.605. The molecule has 1 unspecified atom stereocenters. The molecule has 0 radical (unpaired) electrons. The molecule has 0 saturated carbocycles. The van der Waals surface area contributed by atoms with E-state index in [1.165, 1.54) is 25.9 Å². The Morgan fingerprint density at radius 2 is 2.50 bits per heavy atom. The fourth-order valence-electron chi connectivity index (χ4n) is 1.63. The van der Waals surface area contributed by atoms with Gasteiger partial charge in [-0.1, -0.05) is 6.92 Å². The maximum absolute atomic E-state index is 3.20. The number of likely N-dealkylation sites (N-methyl/N-ethyl adjacent to an activating group) is 1. The fourth-order valence-corrected chi connectivity index (χ4v) is 2.14. The summed E-state index contributed by atoms with van der Waals surface area (Å²) >= 11 is 2.23. The Hall–Kier alpha value is 0.650. The molecule has 0 aromatic heterocycles. The van der Waals surface area contributed by atoms with Crippen LogP contribution in [0.2, 0.25) is 0 Å². The van der Waals surface area contributed by atoms with Gasteiger partial charge >= 0.3 is 0 Å². The largest absolute Gasteiger partial charge is 0.299 e. The zero-order valence-electron chi connectivity index (χ0n) is 6.44. The number of nitrogens with zero attached hydrogens (tertiary/aromatic N) is 1. The van der Waals surface area contributed by atoms with Crippen LogP contribution in [0.4, 0.5) is 0 Å². The third kappa shape index (κ3) is 2.07. The molecule has 1 aliphatic heterocycles. The van der Waals surface area contributed by atoms with E-state index < -0.39 is 0 Å². The number of likely N-dealkylation sites (tertiary alicyclic amines) is 1. The Bertz CT molecular complexity index is 97.6. The lowest BCUT2D eigenvalue weighted by Crippen LogP contribution is -2.34. The summed E-state index contributed by atoms with van der Waals surface area (Å²) in [6, 6.07) is 0.807. The summed E-state index contributed by atoms with van der Waals surface area (Å²) in [5.41, 5.74) is 0. The Morgan fingerprint density at radius 3 is 3.10 bits per heavy atom. The van der Waals surface area contributed by atoms with E-state index in [9.17, 15) is 0 Å². The standard InChI is InChI=1S/C7H15IN2/c1-2-10-5-3-4-7(10)6-9-8/h7,9H,2-6H2,1H3. The van der Waals surface area contributed by atoms with Gasteiger partial charge in [0.05, 0.1) is 0 Å². The first-order valence-electron chi connectivity index (χ1n) is 3.96. The van der Waals surface area contributed by atoms with Crippen LogP contribution in [-0.4, -0.2) is 30.6 Å². The van der Waals surface area contributed by atoms with Gasteiger partial charge in [0.15, 0.2) is 0 Å². The molecule has 2 nitrogen and oxygen atoms in total. The molecule has 0 spiro atoms. The Morgan fingerprint density at radius 1 is 1.70 bits per heavy atom. The van der Waals surface area contributed by atoms with Crippen molar-refractivity contribution in [1.82, 2.24) is 8.43 Å². The molecule has 1 fully saturated rings. The Balaban J connectivity index is 2.27. The topological polar surface area (TPSA) is 15.3 Å². The van der Waals surface area contributed by atoms with Gasteiger partial charge in [0.1, 0.15) is 0 Å². The molecule has 1 N–H and O–H groups in total. The first-order valence-corrected chi connectivity index (χ1v) is 5.04. The molecule has 1 heterocycles. The van der Waals surface area contributed by atoms with E-state index in [-0.39, 0.29) is 0 Å². The molecule has 1 aliphatic rings. The third-order valence-corrected chi connectivity index (χ3v) is 2.66. The van der Waals surface area contributed by atoms with Gasteiger partial charge in [0.25, 0.3) is 0 Å². The van der Waals surface area contributed by atoms with Gasteiger partial charge in [-0.3, -0.25) is 8.43 Å². The van der Waals surface area contributed by atoms with Crippen molar-refractivity contribution >= 4 is 22.9 Å². The van der Waals surface area contributed by atoms with E-state index in [4.69, 9.17) is 0 Å². The molecule has 0 aromatic rings. The molecular weight excluding hydrogens is 239 g/mol. The van der Waals surface area contributed by atoms with Gasteiger partial charge in [-0.15, -0.1) is 0 Å². The average Bonchev–Trinajstić information content (AvgIpc) is 2.36. The van der Waals surface area contributed by atoms with Gasteiger partial charge in [0, 0.05) is 35.5 Å². The Labute approximate surface area is 76.9 Å². The van der Waals surface area contributed by atoms with Crippen molar-refractivity contribution in [2.24, 2.45) is 0 Å². The first-order chi connectivity index (χ1) is 4.88. The van der Waals surface area contributed by atoms with Crippen LogP contribution in [-0.2, 0) is 0 Å². The lowest BCUT2D eigenvalue weighted by atomic mass is 10.2. The summed E-state index contributed by atoms with van der Waals surface area (Å²) in [6.07, 6.45) is 2.76. The van der Waals surface area contributed by atoms with E-state index in [0.29, 0.717) is 0 Å². The van der Waals surface area contributed by atoms with Crippen molar-refractivity contribution in [3.05, 3.63) is 0 Å². The minimum atomic E-state index is 0.807. The van der Waals surface area contributed by atoms with Crippen molar-refractivity contribution in [3.8, 4) is 0 Å². The fraction of sp³-hybridized carbons (Fsp3) is 1.00. The van der Waals surface area contributed by atoms with E-state index in [0.717, 1.165) is 12.6 Å². The average molecular weight is 254 g/mol. The Kier molecular flexibility index (Phi) is 3.95. The van der Waals surface area contributed by atoms with Crippen molar-refractivity contribution in [1.29, 1.82) is 0 Å². The van der Waals surface area contributed by atoms with Crippen molar-refractivity contribution in [2.45, 2.75) is 25.8 Å². The monoisotopic (exact) mass is 254 g/mol. The predicted octanol–water partition coefficient (Wildman–Crippen LogP) is 1.41. The second kappa shape index (κ2) is 4.51. The normalized spacial score (nSPS) is 27.6. The summed E-state index contributed by atoms with van der Waals surface area (Å²) in [6.45, 7) is 5.91. The van der Waals surface area contributed by atoms with Gasteiger partial charge in [-0.05, 0) is 25.9 Å².